The molecule has 3 aromatic rings. The molecule has 6 rings (SSSR count). The zero-order valence-corrected chi connectivity index (χ0v) is 20.7. The number of fused-ring (bicyclic) bond motifs is 1. The average Bonchev–Trinajstić information content (AvgIpc) is 3.48. The van der Waals surface area contributed by atoms with Crippen molar-refractivity contribution in [3.63, 3.8) is 0 Å². The first-order chi connectivity index (χ1) is 17.0. The summed E-state index contributed by atoms with van der Waals surface area (Å²) in [5.41, 5.74) is 3.97. The van der Waals surface area contributed by atoms with Crippen LogP contribution in [0, 0.1) is 5.92 Å². The number of H-pyrrole nitrogens is 2. The second-order valence-electron chi connectivity index (χ2n) is 9.90. The Morgan fingerprint density at radius 2 is 2.23 bits per heavy atom. The predicted molar refractivity (Wildman–Crippen MR) is 134 cm³/mol. The van der Waals surface area contributed by atoms with E-state index in [9.17, 15) is 4.79 Å². The minimum Gasteiger partial charge on any atom is -0.493 e. The van der Waals surface area contributed by atoms with Crippen molar-refractivity contribution in [1.29, 1.82) is 0 Å². The summed E-state index contributed by atoms with van der Waals surface area (Å²) < 4.78 is 12.1. The third-order valence-electron chi connectivity index (χ3n) is 7.95. The Hall–Kier alpha value is -2.87. The van der Waals surface area contributed by atoms with Crippen LogP contribution in [0.15, 0.2) is 53.9 Å². The maximum atomic E-state index is 14.0. The Bertz CT molecular complexity index is 1360. The van der Waals surface area contributed by atoms with Crippen molar-refractivity contribution < 1.29 is 14.3 Å². The number of para-hydroxylation sites is 1. The van der Waals surface area contributed by atoms with Gasteiger partial charge in [0.2, 0.25) is 0 Å². The Morgan fingerprint density at radius 1 is 1.37 bits per heavy atom. The number of aromatic amines is 2. The molecule has 0 amide bonds. The average molecular weight is 493 g/mol. The Balaban J connectivity index is 1.30. The second kappa shape index (κ2) is 8.66. The molecular formula is C27H29ClN4O3. The zero-order chi connectivity index (χ0) is 24.2. The molecule has 0 saturated carbocycles. The molecule has 1 saturated heterocycles. The van der Waals surface area contributed by atoms with Gasteiger partial charge in [0.05, 0.1) is 18.7 Å². The van der Waals surface area contributed by atoms with Gasteiger partial charge < -0.3 is 19.4 Å². The van der Waals surface area contributed by atoms with Gasteiger partial charge in [-0.2, -0.15) is 5.10 Å². The van der Waals surface area contributed by atoms with Crippen LogP contribution in [0.5, 0.6) is 0 Å². The van der Waals surface area contributed by atoms with Gasteiger partial charge >= 0.3 is 0 Å². The summed E-state index contributed by atoms with van der Waals surface area (Å²) in [5, 5.41) is 8.31. The number of carbonyl (C=O) groups excluding carboxylic acids is 1. The summed E-state index contributed by atoms with van der Waals surface area (Å²) in [6.07, 6.45) is 8.80. The molecule has 0 radical (unpaired) electrons. The number of methoxy groups -OCH3 is 1. The SMILES string of the molecule is COC1(c2cn[nH]c2Cl)C=CC2=C(CC(C(=O)c3c(CC4CCN4C)[nH]c4ccccc34)CO2)C1. The molecular weight excluding hydrogens is 464 g/mol. The molecule has 3 atom stereocenters. The van der Waals surface area contributed by atoms with Gasteiger partial charge in [0.1, 0.15) is 16.5 Å². The fraction of sp³-hybridized carbons (Fsp3) is 0.407. The van der Waals surface area contributed by atoms with Gasteiger partial charge in [-0.3, -0.25) is 9.89 Å². The van der Waals surface area contributed by atoms with Crippen molar-refractivity contribution in [2.24, 2.45) is 5.92 Å². The number of nitrogens with one attached hydrogen (secondary N) is 2. The lowest BCUT2D eigenvalue weighted by atomic mass is 9.78. The number of ketones is 1. The lowest BCUT2D eigenvalue weighted by Gasteiger charge is -2.38. The largest absolute Gasteiger partial charge is 0.493 e. The normalized spacial score (nSPS) is 26.5. The van der Waals surface area contributed by atoms with Crippen molar-refractivity contribution in [1.82, 2.24) is 20.1 Å². The van der Waals surface area contributed by atoms with Gasteiger partial charge in [-0.15, -0.1) is 0 Å². The smallest absolute Gasteiger partial charge is 0.172 e. The third kappa shape index (κ3) is 3.73. The standard InChI is InChI=1S/C27H29ClN4O3/c1-32-10-8-18(32)12-22-24(19-5-3-4-6-21(19)30-22)25(33)17-11-16-13-27(34-2,9-7-23(16)35-15-17)20-14-29-31-26(20)28/h3-7,9,14,17-18,30H,8,10-13,15H2,1-2H3,(H,29,31). The fourth-order valence-electron chi connectivity index (χ4n) is 5.73. The maximum absolute atomic E-state index is 14.0. The number of halogens is 1. The number of hydrogen-bond acceptors (Lipinski definition) is 5. The van der Waals surface area contributed by atoms with E-state index < -0.39 is 5.60 Å². The van der Waals surface area contributed by atoms with E-state index >= 15 is 0 Å². The van der Waals surface area contributed by atoms with Gasteiger partial charge in [0, 0.05) is 53.7 Å². The van der Waals surface area contributed by atoms with Crippen LogP contribution in [0.1, 0.15) is 40.9 Å². The number of aromatic nitrogens is 3. The Labute approximate surface area is 209 Å². The summed E-state index contributed by atoms with van der Waals surface area (Å²) in [7, 11) is 3.81. The number of ether oxygens (including phenoxy) is 2. The number of carbonyl (C=O) groups is 1. The van der Waals surface area contributed by atoms with E-state index in [1.165, 1.54) is 0 Å². The quantitative estimate of drug-likeness (QED) is 0.484. The van der Waals surface area contributed by atoms with Crippen LogP contribution < -0.4 is 0 Å². The van der Waals surface area contributed by atoms with E-state index in [2.05, 4.69) is 27.1 Å². The molecule has 1 aliphatic carbocycles. The van der Waals surface area contributed by atoms with E-state index in [-0.39, 0.29) is 11.7 Å². The lowest BCUT2D eigenvalue weighted by molar-refractivity contribution is 0.0200. The molecule has 2 aliphatic heterocycles. The highest BCUT2D eigenvalue weighted by Crippen LogP contribution is 2.44. The molecule has 0 bridgehead atoms. The highest BCUT2D eigenvalue weighted by molar-refractivity contribution is 6.30. The minimum absolute atomic E-state index is 0.143. The monoisotopic (exact) mass is 492 g/mol. The molecule has 8 heteroatoms. The molecule has 3 aliphatic rings. The first kappa shape index (κ1) is 22.6. The number of likely N-dealkylation sites (tertiary alicyclic amines) is 1. The van der Waals surface area contributed by atoms with Crippen LogP contribution in [0.2, 0.25) is 5.15 Å². The molecule has 4 heterocycles. The van der Waals surface area contributed by atoms with Gasteiger partial charge in [0.15, 0.2) is 5.78 Å². The number of Topliss-reactive ketones (excluding diaryl/α,β-unsaturated/α-hetero) is 1. The highest BCUT2D eigenvalue weighted by Gasteiger charge is 2.41. The molecule has 0 spiro atoms. The number of rotatable bonds is 6. The van der Waals surface area contributed by atoms with Crippen LogP contribution in [0.4, 0.5) is 0 Å². The molecule has 35 heavy (non-hydrogen) atoms. The summed E-state index contributed by atoms with van der Waals surface area (Å²) >= 11 is 6.36. The van der Waals surface area contributed by atoms with Gasteiger partial charge in [0.25, 0.3) is 0 Å². The minimum atomic E-state index is -0.738. The van der Waals surface area contributed by atoms with E-state index in [0.29, 0.717) is 30.6 Å². The van der Waals surface area contributed by atoms with Gasteiger partial charge in [-0.05, 0) is 50.2 Å². The molecule has 182 valence electrons. The van der Waals surface area contributed by atoms with Crippen molar-refractivity contribution in [2.75, 3.05) is 27.3 Å². The van der Waals surface area contributed by atoms with Crippen molar-refractivity contribution in [3.8, 4) is 0 Å². The summed E-state index contributed by atoms with van der Waals surface area (Å²) in [6, 6.07) is 8.56. The third-order valence-corrected chi connectivity index (χ3v) is 8.24. The molecule has 2 aromatic heterocycles. The van der Waals surface area contributed by atoms with Crippen LogP contribution in [0.25, 0.3) is 10.9 Å². The molecule has 1 aromatic carbocycles. The predicted octanol–water partition coefficient (Wildman–Crippen LogP) is 4.77. The summed E-state index contributed by atoms with van der Waals surface area (Å²) in [6.45, 7) is 1.48. The maximum Gasteiger partial charge on any atom is 0.172 e. The number of hydrogen-bond donors (Lipinski definition) is 2. The van der Waals surface area contributed by atoms with Crippen molar-refractivity contribution >= 4 is 28.3 Å². The van der Waals surface area contributed by atoms with Crippen LogP contribution in [-0.4, -0.2) is 59.2 Å². The number of nitrogens with zero attached hydrogens (tertiary/aromatic N) is 2. The number of allylic oxidation sites excluding steroid dienone is 1. The first-order valence-electron chi connectivity index (χ1n) is 12.1. The lowest BCUT2D eigenvalue weighted by Crippen LogP contribution is -2.46. The Morgan fingerprint density at radius 3 is 2.94 bits per heavy atom. The van der Waals surface area contributed by atoms with Crippen molar-refractivity contribution in [2.45, 2.75) is 37.3 Å². The summed E-state index contributed by atoms with van der Waals surface area (Å²) in [5.74, 6) is 0.716. The van der Waals surface area contributed by atoms with E-state index in [0.717, 1.165) is 58.4 Å². The first-order valence-corrected chi connectivity index (χ1v) is 12.5. The number of benzene rings is 1. The van der Waals surface area contributed by atoms with E-state index in [1.807, 2.05) is 36.4 Å². The van der Waals surface area contributed by atoms with Gasteiger partial charge in [-0.25, -0.2) is 0 Å². The highest BCUT2D eigenvalue weighted by atomic mass is 35.5. The van der Waals surface area contributed by atoms with Crippen LogP contribution >= 0.6 is 11.6 Å². The summed E-state index contributed by atoms with van der Waals surface area (Å²) in [4.78, 5) is 19.9. The van der Waals surface area contributed by atoms with E-state index in [1.54, 1.807) is 13.3 Å². The van der Waals surface area contributed by atoms with Crippen LogP contribution in [-0.2, 0) is 21.5 Å². The molecule has 7 nitrogen and oxygen atoms in total. The van der Waals surface area contributed by atoms with Crippen molar-refractivity contribution in [3.05, 3.63) is 75.9 Å². The molecule has 2 N–H and O–H groups in total. The van der Waals surface area contributed by atoms with E-state index in [4.69, 9.17) is 21.1 Å². The molecule has 1 fully saturated rings. The number of likely N-dealkylation sites (N-methyl/N-ethyl adjacent to an activating group) is 1. The van der Waals surface area contributed by atoms with Crippen LogP contribution in [0.3, 0.4) is 0 Å². The molecule has 3 unspecified atom stereocenters. The topological polar surface area (TPSA) is 83.2 Å². The second-order valence-corrected chi connectivity index (χ2v) is 10.3. The zero-order valence-electron chi connectivity index (χ0n) is 19.9. The Kier molecular flexibility index (Phi) is 5.59. The fourth-order valence-corrected chi connectivity index (χ4v) is 5.99. The van der Waals surface area contributed by atoms with Gasteiger partial charge in [-0.1, -0.05) is 29.8 Å².